The molecule has 1 amide bonds. The van der Waals surface area contributed by atoms with Gasteiger partial charge in [0.15, 0.2) is 5.13 Å². The van der Waals surface area contributed by atoms with Gasteiger partial charge in [-0.1, -0.05) is 29.0 Å². The fourth-order valence-corrected chi connectivity index (χ4v) is 3.63. The quantitative estimate of drug-likeness (QED) is 0.850. The first-order chi connectivity index (χ1) is 9.45. The fourth-order valence-electron chi connectivity index (χ4n) is 1.81. The van der Waals surface area contributed by atoms with Crippen LogP contribution in [0, 0.1) is 20.8 Å². The largest absolute Gasteiger partial charge is 0.375 e. The van der Waals surface area contributed by atoms with Gasteiger partial charge in [0.2, 0.25) is 5.91 Å². The van der Waals surface area contributed by atoms with Crippen molar-refractivity contribution in [3.8, 4) is 0 Å². The third kappa shape index (κ3) is 3.74. The summed E-state index contributed by atoms with van der Waals surface area (Å²) < 4.78 is 0.998. The summed E-state index contributed by atoms with van der Waals surface area (Å²) in [5, 5.41) is 3.47. The predicted octanol–water partition coefficient (Wildman–Crippen LogP) is 3.38. The van der Waals surface area contributed by atoms with Gasteiger partial charge in [-0.05, 0) is 32.4 Å². The van der Waals surface area contributed by atoms with Crippen molar-refractivity contribution in [1.29, 1.82) is 0 Å². The van der Waals surface area contributed by atoms with Crippen LogP contribution in [0.25, 0.3) is 0 Å². The molecular formula is C14H17N3OS2. The monoisotopic (exact) mass is 307 g/mol. The van der Waals surface area contributed by atoms with Crippen LogP contribution < -0.4 is 11.1 Å². The summed E-state index contributed by atoms with van der Waals surface area (Å²) in [4.78, 5) is 16.1. The third-order valence-electron chi connectivity index (χ3n) is 2.76. The Morgan fingerprint density at radius 1 is 1.40 bits per heavy atom. The lowest BCUT2D eigenvalue weighted by Gasteiger charge is -2.08. The van der Waals surface area contributed by atoms with E-state index in [1.54, 1.807) is 0 Å². The molecule has 2 aromatic rings. The Morgan fingerprint density at radius 2 is 2.15 bits per heavy atom. The molecule has 0 bridgehead atoms. The summed E-state index contributed by atoms with van der Waals surface area (Å²) in [5.74, 6) is 0.337. The first-order valence-electron chi connectivity index (χ1n) is 6.18. The topological polar surface area (TPSA) is 68.0 Å². The number of thiazole rings is 1. The van der Waals surface area contributed by atoms with Gasteiger partial charge in [0.05, 0.1) is 15.7 Å². The minimum absolute atomic E-state index is 0.0201. The number of anilines is 2. The molecule has 1 aromatic heterocycles. The highest BCUT2D eigenvalue weighted by atomic mass is 32.2. The minimum Gasteiger partial charge on any atom is -0.375 e. The number of nitrogen functional groups attached to an aromatic ring is 1. The average Bonchev–Trinajstić information content (AvgIpc) is 2.69. The van der Waals surface area contributed by atoms with Gasteiger partial charge in [0.25, 0.3) is 0 Å². The van der Waals surface area contributed by atoms with Crippen molar-refractivity contribution in [3.63, 3.8) is 0 Å². The molecule has 0 unspecified atom stereocenters. The summed E-state index contributed by atoms with van der Waals surface area (Å²) >= 11 is 2.89. The maximum atomic E-state index is 12.0. The molecule has 0 fully saturated rings. The molecule has 0 atom stereocenters. The lowest BCUT2D eigenvalue weighted by Crippen LogP contribution is -2.14. The Morgan fingerprint density at radius 3 is 2.75 bits per heavy atom. The molecule has 1 aromatic carbocycles. The zero-order valence-electron chi connectivity index (χ0n) is 11.7. The fraction of sp³-hybridized carbons (Fsp3) is 0.286. The van der Waals surface area contributed by atoms with E-state index in [0.29, 0.717) is 10.9 Å². The van der Waals surface area contributed by atoms with Crippen molar-refractivity contribution in [3.05, 3.63) is 35.0 Å². The molecule has 106 valence electrons. The number of carbonyl (C=O) groups excluding carboxylic acids is 1. The minimum atomic E-state index is -0.0201. The number of nitrogens with one attached hydrogen (secondary N) is 1. The van der Waals surface area contributed by atoms with Crippen LogP contribution in [0.3, 0.4) is 0 Å². The summed E-state index contributed by atoms with van der Waals surface area (Å²) in [7, 11) is 0. The van der Waals surface area contributed by atoms with E-state index in [0.717, 1.165) is 21.2 Å². The van der Waals surface area contributed by atoms with Crippen LogP contribution in [0.5, 0.6) is 0 Å². The highest BCUT2D eigenvalue weighted by Crippen LogP contribution is 2.30. The molecule has 4 nitrogen and oxygen atoms in total. The molecule has 0 saturated heterocycles. The zero-order valence-corrected chi connectivity index (χ0v) is 13.3. The first kappa shape index (κ1) is 14.9. The van der Waals surface area contributed by atoms with E-state index in [2.05, 4.69) is 16.4 Å². The van der Waals surface area contributed by atoms with Gasteiger partial charge < -0.3 is 11.1 Å². The predicted molar refractivity (Wildman–Crippen MR) is 86.5 cm³/mol. The first-order valence-corrected chi connectivity index (χ1v) is 7.98. The average molecular weight is 307 g/mol. The summed E-state index contributed by atoms with van der Waals surface area (Å²) in [6.07, 6.45) is 0. The van der Waals surface area contributed by atoms with Crippen molar-refractivity contribution >= 4 is 39.8 Å². The number of hydrogen-bond donors (Lipinski definition) is 2. The van der Waals surface area contributed by atoms with Crippen LogP contribution in [0.15, 0.2) is 22.4 Å². The number of aromatic nitrogens is 1. The Bertz CT molecular complexity index is 637. The number of nitrogens with two attached hydrogens (primary N) is 1. The molecular weight excluding hydrogens is 290 g/mol. The molecule has 0 aliphatic rings. The summed E-state index contributed by atoms with van der Waals surface area (Å²) in [5.41, 5.74) is 9.64. The van der Waals surface area contributed by atoms with Crippen LogP contribution >= 0.6 is 23.1 Å². The van der Waals surface area contributed by atoms with Gasteiger partial charge in [-0.2, -0.15) is 0 Å². The molecule has 0 radical (unpaired) electrons. The summed E-state index contributed by atoms with van der Waals surface area (Å²) in [6, 6.07) is 5.98. The number of thioether (sulfide) groups is 1. The molecule has 6 heteroatoms. The highest BCUT2D eigenvalue weighted by Gasteiger charge is 2.10. The summed E-state index contributed by atoms with van der Waals surface area (Å²) in [6.45, 7) is 5.92. The van der Waals surface area contributed by atoms with E-state index < -0.39 is 0 Å². The van der Waals surface area contributed by atoms with Gasteiger partial charge in [-0.25, -0.2) is 4.98 Å². The lowest BCUT2D eigenvalue weighted by molar-refractivity contribution is -0.113. The van der Waals surface area contributed by atoms with E-state index in [-0.39, 0.29) is 5.91 Å². The van der Waals surface area contributed by atoms with Crippen molar-refractivity contribution in [1.82, 2.24) is 4.98 Å². The molecule has 0 aliphatic heterocycles. The van der Waals surface area contributed by atoms with Crippen LogP contribution in [-0.2, 0) is 4.79 Å². The van der Waals surface area contributed by atoms with Crippen molar-refractivity contribution in [2.45, 2.75) is 25.0 Å². The highest BCUT2D eigenvalue weighted by molar-refractivity contribution is 8.01. The van der Waals surface area contributed by atoms with E-state index >= 15 is 0 Å². The van der Waals surface area contributed by atoms with Gasteiger partial charge in [0, 0.05) is 5.69 Å². The zero-order chi connectivity index (χ0) is 14.7. The van der Waals surface area contributed by atoms with Gasteiger partial charge in [-0.15, -0.1) is 11.8 Å². The van der Waals surface area contributed by atoms with Gasteiger partial charge in [-0.3, -0.25) is 4.79 Å². The van der Waals surface area contributed by atoms with E-state index in [1.165, 1.54) is 28.7 Å². The van der Waals surface area contributed by atoms with E-state index in [9.17, 15) is 4.79 Å². The number of aryl methyl sites for hydroxylation is 3. The number of hydrogen-bond acceptors (Lipinski definition) is 5. The van der Waals surface area contributed by atoms with Gasteiger partial charge in [0.1, 0.15) is 0 Å². The Kier molecular flexibility index (Phi) is 4.67. The normalized spacial score (nSPS) is 10.6. The van der Waals surface area contributed by atoms with Crippen LogP contribution in [0.4, 0.5) is 10.8 Å². The Labute approximate surface area is 126 Å². The second kappa shape index (κ2) is 6.28. The molecule has 0 aliphatic carbocycles. The molecule has 0 saturated carbocycles. The molecule has 2 rings (SSSR count). The van der Waals surface area contributed by atoms with E-state index in [4.69, 9.17) is 5.73 Å². The molecule has 3 N–H and O–H groups in total. The van der Waals surface area contributed by atoms with Crippen molar-refractivity contribution in [2.24, 2.45) is 0 Å². The van der Waals surface area contributed by atoms with E-state index in [1.807, 2.05) is 32.9 Å². The third-order valence-corrected chi connectivity index (χ3v) is 5.11. The Hall–Kier alpha value is -1.53. The van der Waals surface area contributed by atoms with Gasteiger partial charge >= 0.3 is 0 Å². The van der Waals surface area contributed by atoms with Crippen molar-refractivity contribution in [2.75, 3.05) is 16.8 Å². The van der Waals surface area contributed by atoms with Crippen LogP contribution in [0.2, 0.25) is 0 Å². The number of carbonyl (C=O) groups is 1. The second-order valence-corrected chi connectivity index (χ2v) is 6.85. The molecule has 1 heterocycles. The number of amides is 1. The number of benzene rings is 1. The molecule has 0 spiro atoms. The smallest absolute Gasteiger partial charge is 0.234 e. The second-order valence-electron chi connectivity index (χ2n) is 4.58. The standard InChI is InChI=1S/C14H17N3OS2/c1-8-4-5-11(9(2)6-8)17-12(18)7-19-13-10(3)16-14(15)20-13/h4-6H,7H2,1-3H3,(H2,15,16)(H,17,18). The SMILES string of the molecule is Cc1ccc(NC(=O)CSc2sc(N)nc2C)c(C)c1. The molecule has 20 heavy (non-hydrogen) atoms. The number of rotatable bonds is 4. The Balaban J connectivity index is 1.94. The maximum Gasteiger partial charge on any atom is 0.234 e. The van der Waals surface area contributed by atoms with Crippen LogP contribution in [0.1, 0.15) is 16.8 Å². The van der Waals surface area contributed by atoms with Crippen LogP contribution in [-0.4, -0.2) is 16.6 Å². The number of nitrogens with zero attached hydrogens (tertiary/aromatic N) is 1. The lowest BCUT2D eigenvalue weighted by atomic mass is 10.1. The van der Waals surface area contributed by atoms with Crippen molar-refractivity contribution < 1.29 is 4.79 Å². The maximum absolute atomic E-state index is 12.0.